The van der Waals surface area contributed by atoms with E-state index in [1.54, 1.807) is 29.2 Å². The molecule has 1 aliphatic rings. The Balaban J connectivity index is 1.44. The molecule has 1 aliphatic heterocycles. The predicted molar refractivity (Wildman–Crippen MR) is 104 cm³/mol. The van der Waals surface area contributed by atoms with Crippen LogP contribution in [0.5, 0.6) is 0 Å². The average Bonchev–Trinajstić information content (AvgIpc) is 2.71. The van der Waals surface area contributed by atoms with E-state index in [1.807, 2.05) is 12.1 Å². The van der Waals surface area contributed by atoms with E-state index in [-0.39, 0.29) is 18.0 Å². The Morgan fingerprint density at radius 3 is 2.48 bits per heavy atom. The van der Waals surface area contributed by atoms with Crippen LogP contribution in [0.3, 0.4) is 0 Å². The standard InChI is InChI=1S/C20H21N5O2/c1-15-6-2-5-9-18(15)23-10-12-24(13-11-23)19(26)14-25-20(27)16-7-3-4-8-17(16)21-22-25/h2-9H,10-14H2,1H3. The molecule has 2 aromatic carbocycles. The number of piperazine rings is 1. The molecule has 0 bridgehead atoms. The third-order valence-electron chi connectivity index (χ3n) is 5.00. The van der Waals surface area contributed by atoms with Gasteiger partial charge >= 0.3 is 0 Å². The summed E-state index contributed by atoms with van der Waals surface area (Å²) in [7, 11) is 0. The summed E-state index contributed by atoms with van der Waals surface area (Å²) in [5, 5.41) is 8.42. The molecule has 1 saturated heterocycles. The van der Waals surface area contributed by atoms with Gasteiger partial charge in [-0.15, -0.1) is 5.10 Å². The lowest BCUT2D eigenvalue weighted by Crippen LogP contribution is -2.50. The van der Waals surface area contributed by atoms with E-state index in [4.69, 9.17) is 0 Å². The minimum atomic E-state index is -0.285. The molecule has 0 spiro atoms. The Hall–Kier alpha value is -3.22. The number of benzene rings is 2. The van der Waals surface area contributed by atoms with Crippen molar-refractivity contribution < 1.29 is 4.79 Å². The number of hydrogen-bond acceptors (Lipinski definition) is 5. The molecule has 7 heteroatoms. The fourth-order valence-electron chi connectivity index (χ4n) is 3.47. The number of rotatable bonds is 3. The molecule has 0 aliphatic carbocycles. The number of aryl methyl sites for hydroxylation is 1. The lowest BCUT2D eigenvalue weighted by Gasteiger charge is -2.36. The third kappa shape index (κ3) is 3.40. The molecule has 0 unspecified atom stereocenters. The number of nitrogens with zero attached hydrogens (tertiary/aromatic N) is 5. The summed E-state index contributed by atoms with van der Waals surface area (Å²) < 4.78 is 1.15. The number of carbonyl (C=O) groups excluding carboxylic acids is 1. The van der Waals surface area contributed by atoms with Crippen LogP contribution in [0.25, 0.3) is 10.9 Å². The number of para-hydroxylation sites is 1. The van der Waals surface area contributed by atoms with E-state index in [9.17, 15) is 9.59 Å². The fourth-order valence-corrected chi connectivity index (χ4v) is 3.47. The lowest BCUT2D eigenvalue weighted by atomic mass is 10.1. The van der Waals surface area contributed by atoms with Crippen LogP contribution in [0.15, 0.2) is 53.3 Å². The van der Waals surface area contributed by atoms with Gasteiger partial charge in [0.05, 0.1) is 5.39 Å². The summed E-state index contributed by atoms with van der Waals surface area (Å²) in [4.78, 5) is 29.2. The first-order chi connectivity index (χ1) is 13.1. The van der Waals surface area contributed by atoms with Gasteiger partial charge in [-0.25, -0.2) is 4.68 Å². The topological polar surface area (TPSA) is 71.3 Å². The molecule has 7 nitrogen and oxygen atoms in total. The molecule has 2 heterocycles. The quantitative estimate of drug-likeness (QED) is 0.704. The SMILES string of the molecule is Cc1ccccc1N1CCN(C(=O)Cn2nnc3ccccc3c2=O)CC1. The Morgan fingerprint density at radius 2 is 1.70 bits per heavy atom. The van der Waals surface area contributed by atoms with Crippen LogP contribution >= 0.6 is 0 Å². The van der Waals surface area contributed by atoms with Gasteiger partial charge < -0.3 is 9.80 Å². The molecule has 3 aromatic rings. The maximum atomic E-state index is 12.6. The minimum absolute atomic E-state index is 0.0823. The van der Waals surface area contributed by atoms with E-state index in [0.717, 1.165) is 17.8 Å². The zero-order valence-corrected chi connectivity index (χ0v) is 15.2. The first-order valence-electron chi connectivity index (χ1n) is 9.04. The summed E-state index contributed by atoms with van der Waals surface area (Å²) >= 11 is 0. The van der Waals surface area contributed by atoms with Crippen molar-refractivity contribution >= 4 is 22.5 Å². The van der Waals surface area contributed by atoms with Gasteiger partial charge in [-0.2, -0.15) is 0 Å². The van der Waals surface area contributed by atoms with Crippen LogP contribution in [0, 0.1) is 6.92 Å². The molecule has 0 N–H and O–H groups in total. The van der Waals surface area contributed by atoms with Crippen molar-refractivity contribution in [1.82, 2.24) is 19.9 Å². The number of carbonyl (C=O) groups is 1. The summed E-state index contributed by atoms with van der Waals surface area (Å²) in [6, 6.07) is 15.3. The van der Waals surface area contributed by atoms with Crippen molar-refractivity contribution in [2.75, 3.05) is 31.1 Å². The Bertz CT molecular complexity index is 1040. The van der Waals surface area contributed by atoms with E-state index in [0.29, 0.717) is 24.0 Å². The summed E-state index contributed by atoms with van der Waals surface area (Å²) in [6.07, 6.45) is 0. The molecule has 1 fully saturated rings. The lowest BCUT2D eigenvalue weighted by molar-refractivity contribution is -0.132. The molecular formula is C20H21N5O2. The number of hydrogen-bond donors (Lipinski definition) is 0. The van der Waals surface area contributed by atoms with Gasteiger partial charge in [-0.05, 0) is 30.7 Å². The highest BCUT2D eigenvalue weighted by atomic mass is 16.2. The highest BCUT2D eigenvalue weighted by Crippen LogP contribution is 2.20. The number of amides is 1. The molecular weight excluding hydrogens is 342 g/mol. The smallest absolute Gasteiger partial charge is 0.278 e. The maximum Gasteiger partial charge on any atom is 0.278 e. The van der Waals surface area contributed by atoms with Gasteiger partial charge in [-0.3, -0.25) is 9.59 Å². The van der Waals surface area contributed by atoms with Crippen molar-refractivity contribution in [3.63, 3.8) is 0 Å². The van der Waals surface area contributed by atoms with E-state index in [2.05, 4.69) is 34.3 Å². The summed E-state index contributed by atoms with van der Waals surface area (Å²) in [6.45, 7) is 4.81. The van der Waals surface area contributed by atoms with Crippen LogP contribution in [0.2, 0.25) is 0 Å². The van der Waals surface area contributed by atoms with Crippen molar-refractivity contribution in [2.24, 2.45) is 0 Å². The average molecular weight is 363 g/mol. The summed E-state index contributed by atoms with van der Waals surface area (Å²) in [5.74, 6) is -0.105. The third-order valence-corrected chi connectivity index (χ3v) is 5.00. The van der Waals surface area contributed by atoms with Crippen LogP contribution in [-0.2, 0) is 11.3 Å². The second-order valence-corrected chi connectivity index (χ2v) is 6.72. The van der Waals surface area contributed by atoms with Crippen LogP contribution < -0.4 is 10.5 Å². The van der Waals surface area contributed by atoms with Crippen molar-refractivity contribution in [2.45, 2.75) is 13.5 Å². The van der Waals surface area contributed by atoms with Crippen molar-refractivity contribution in [3.05, 3.63) is 64.4 Å². The highest BCUT2D eigenvalue weighted by Gasteiger charge is 2.23. The van der Waals surface area contributed by atoms with Gasteiger partial charge in [0.2, 0.25) is 5.91 Å². The monoisotopic (exact) mass is 363 g/mol. The first kappa shape index (κ1) is 17.2. The van der Waals surface area contributed by atoms with Crippen molar-refractivity contribution in [1.29, 1.82) is 0 Å². The minimum Gasteiger partial charge on any atom is -0.368 e. The van der Waals surface area contributed by atoms with E-state index < -0.39 is 0 Å². The predicted octanol–water partition coefficient (Wildman–Crippen LogP) is 1.45. The fraction of sp³-hybridized carbons (Fsp3) is 0.300. The molecule has 4 rings (SSSR count). The van der Waals surface area contributed by atoms with Gasteiger partial charge in [-0.1, -0.05) is 35.5 Å². The normalized spacial score (nSPS) is 14.6. The number of anilines is 1. The van der Waals surface area contributed by atoms with Gasteiger partial charge in [0, 0.05) is 31.9 Å². The van der Waals surface area contributed by atoms with Gasteiger partial charge in [0.15, 0.2) is 0 Å². The molecule has 0 saturated carbocycles. The molecule has 0 atom stereocenters. The number of fused-ring (bicyclic) bond motifs is 1. The van der Waals surface area contributed by atoms with E-state index in [1.165, 1.54) is 11.3 Å². The molecule has 1 amide bonds. The van der Waals surface area contributed by atoms with Crippen LogP contribution in [0.1, 0.15) is 5.56 Å². The maximum absolute atomic E-state index is 12.6. The zero-order chi connectivity index (χ0) is 18.8. The van der Waals surface area contributed by atoms with E-state index >= 15 is 0 Å². The second kappa shape index (κ2) is 7.19. The van der Waals surface area contributed by atoms with Crippen LogP contribution in [0.4, 0.5) is 5.69 Å². The molecule has 138 valence electrons. The number of aromatic nitrogens is 3. The second-order valence-electron chi connectivity index (χ2n) is 6.72. The largest absolute Gasteiger partial charge is 0.368 e. The summed E-state index contributed by atoms with van der Waals surface area (Å²) in [5.41, 5.74) is 2.70. The zero-order valence-electron chi connectivity index (χ0n) is 15.2. The Kier molecular flexibility index (Phi) is 4.58. The molecule has 27 heavy (non-hydrogen) atoms. The van der Waals surface area contributed by atoms with Gasteiger partial charge in [0.25, 0.3) is 5.56 Å². The van der Waals surface area contributed by atoms with Crippen molar-refractivity contribution in [3.8, 4) is 0 Å². The first-order valence-corrected chi connectivity index (χ1v) is 9.04. The molecule has 0 radical (unpaired) electrons. The van der Waals surface area contributed by atoms with Crippen LogP contribution in [-0.4, -0.2) is 52.0 Å². The molecule has 1 aromatic heterocycles. The highest BCUT2D eigenvalue weighted by molar-refractivity contribution is 5.78. The Morgan fingerprint density at radius 1 is 1.00 bits per heavy atom. The van der Waals surface area contributed by atoms with Gasteiger partial charge in [0.1, 0.15) is 12.1 Å². The Labute approximate surface area is 156 Å².